The third-order valence-electron chi connectivity index (χ3n) is 3.90. The van der Waals surface area contributed by atoms with E-state index in [0.717, 1.165) is 31.7 Å². The SMILES string of the molecule is COc1ccc([N+](=O)[O-])cc1C(=O)OCC(=O)N1CCCCCC1. The molecule has 2 rings (SSSR count). The molecule has 8 nitrogen and oxygen atoms in total. The summed E-state index contributed by atoms with van der Waals surface area (Å²) < 4.78 is 10.1. The minimum atomic E-state index is -0.821. The first-order valence-electron chi connectivity index (χ1n) is 7.80. The minimum absolute atomic E-state index is 0.0737. The first-order chi connectivity index (χ1) is 11.5. The Hall–Kier alpha value is -2.64. The summed E-state index contributed by atoms with van der Waals surface area (Å²) in [6.45, 7) is 0.942. The van der Waals surface area contributed by atoms with Gasteiger partial charge < -0.3 is 14.4 Å². The highest BCUT2D eigenvalue weighted by molar-refractivity contribution is 5.94. The van der Waals surface area contributed by atoms with Gasteiger partial charge in [-0.1, -0.05) is 12.8 Å². The molecule has 24 heavy (non-hydrogen) atoms. The van der Waals surface area contributed by atoms with Crippen molar-refractivity contribution in [3.8, 4) is 5.75 Å². The van der Waals surface area contributed by atoms with Gasteiger partial charge in [0, 0.05) is 25.2 Å². The zero-order valence-corrected chi connectivity index (χ0v) is 13.5. The van der Waals surface area contributed by atoms with Crippen LogP contribution in [0.1, 0.15) is 36.0 Å². The Labute approximate surface area is 139 Å². The molecule has 0 radical (unpaired) electrons. The monoisotopic (exact) mass is 336 g/mol. The maximum absolute atomic E-state index is 12.2. The molecule has 1 aliphatic heterocycles. The fourth-order valence-corrected chi connectivity index (χ4v) is 2.59. The zero-order chi connectivity index (χ0) is 17.5. The fourth-order valence-electron chi connectivity index (χ4n) is 2.59. The van der Waals surface area contributed by atoms with Crippen LogP contribution in [-0.4, -0.2) is 48.5 Å². The van der Waals surface area contributed by atoms with Gasteiger partial charge >= 0.3 is 5.97 Å². The molecule has 0 spiro atoms. The van der Waals surface area contributed by atoms with Crippen molar-refractivity contribution in [2.24, 2.45) is 0 Å². The predicted molar refractivity (Wildman–Crippen MR) is 85.0 cm³/mol. The number of nitrogens with zero attached hydrogens (tertiary/aromatic N) is 2. The zero-order valence-electron chi connectivity index (χ0n) is 13.5. The summed E-state index contributed by atoms with van der Waals surface area (Å²) in [5, 5.41) is 10.8. The lowest BCUT2D eigenvalue weighted by Gasteiger charge is -2.20. The highest BCUT2D eigenvalue weighted by Crippen LogP contribution is 2.24. The lowest BCUT2D eigenvalue weighted by molar-refractivity contribution is -0.384. The van der Waals surface area contributed by atoms with Gasteiger partial charge in [0.1, 0.15) is 11.3 Å². The highest BCUT2D eigenvalue weighted by atomic mass is 16.6. The number of benzene rings is 1. The Balaban J connectivity index is 2.02. The topological polar surface area (TPSA) is 99.0 Å². The first kappa shape index (κ1) is 17.7. The molecular weight excluding hydrogens is 316 g/mol. The number of non-ortho nitro benzene ring substituents is 1. The summed E-state index contributed by atoms with van der Waals surface area (Å²) in [5.74, 6) is -0.916. The molecule has 1 aromatic rings. The summed E-state index contributed by atoms with van der Waals surface area (Å²) in [6.07, 6.45) is 4.07. The number of amides is 1. The van der Waals surface area contributed by atoms with Gasteiger partial charge in [-0.05, 0) is 18.9 Å². The Morgan fingerprint density at radius 2 is 1.88 bits per heavy atom. The van der Waals surface area contributed by atoms with Gasteiger partial charge in [0.2, 0.25) is 0 Å². The maximum atomic E-state index is 12.2. The second kappa shape index (κ2) is 8.28. The molecule has 0 aliphatic carbocycles. The number of esters is 1. The summed E-state index contributed by atoms with van der Waals surface area (Å²) in [7, 11) is 1.35. The second-order valence-electron chi connectivity index (χ2n) is 5.51. The number of rotatable bonds is 5. The van der Waals surface area contributed by atoms with Crippen LogP contribution in [0.15, 0.2) is 18.2 Å². The van der Waals surface area contributed by atoms with E-state index in [1.54, 1.807) is 4.90 Å². The predicted octanol–water partition coefficient (Wildman–Crippen LogP) is 2.16. The maximum Gasteiger partial charge on any atom is 0.342 e. The van der Waals surface area contributed by atoms with Crippen LogP contribution in [0.3, 0.4) is 0 Å². The Bertz CT molecular complexity index is 623. The lowest BCUT2D eigenvalue weighted by atomic mass is 10.2. The van der Waals surface area contributed by atoms with E-state index in [4.69, 9.17) is 9.47 Å². The van der Waals surface area contributed by atoms with Gasteiger partial charge in [0.25, 0.3) is 11.6 Å². The molecule has 1 aromatic carbocycles. The first-order valence-corrected chi connectivity index (χ1v) is 7.80. The van der Waals surface area contributed by atoms with Crippen LogP contribution in [0.2, 0.25) is 0 Å². The average Bonchev–Trinajstić information content (AvgIpc) is 2.88. The molecule has 1 fully saturated rings. The van der Waals surface area contributed by atoms with Gasteiger partial charge in [-0.25, -0.2) is 4.79 Å². The molecule has 0 saturated carbocycles. The van der Waals surface area contributed by atoms with E-state index in [0.29, 0.717) is 13.1 Å². The van der Waals surface area contributed by atoms with Crippen LogP contribution in [-0.2, 0) is 9.53 Å². The van der Waals surface area contributed by atoms with Crippen LogP contribution in [0.25, 0.3) is 0 Å². The van der Waals surface area contributed by atoms with E-state index in [2.05, 4.69) is 0 Å². The van der Waals surface area contributed by atoms with Crippen molar-refractivity contribution in [2.75, 3.05) is 26.8 Å². The quantitative estimate of drug-likeness (QED) is 0.464. The Morgan fingerprint density at radius 3 is 2.46 bits per heavy atom. The van der Waals surface area contributed by atoms with Crippen LogP contribution < -0.4 is 4.74 Å². The van der Waals surface area contributed by atoms with Crippen molar-refractivity contribution in [1.82, 2.24) is 4.90 Å². The minimum Gasteiger partial charge on any atom is -0.496 e. The van der Waals surface area contributed by atoms with Gasteiger partial charge in [0.15, 0.2) is 6.61 Å². The number of carbonyl (C=O) groups excluding carboxylic acids is 2. The largest absolute Gasteiger partial charge is 0.496 e. The smallest absolute Gasteiger partial charge is 0.342 e. The molecule has 130 valence electrons. The standard InChI is InChI=1S/C16H20N2O6/c1-23-14-7-6-12(18(21)22)10-13(14)16(20)24-11-15(19)17-8-4-2-3-5-9-17/h6-7,10H,2-5,8-9,11H2,1H3. The molecule has 1 aliphatic rings. The van der Waals surface area contributed by atoms with E-state index >= 15 is 0 Å². The molecule has 0 bridgehead atoms. The average molecular weight is 336 g/mol. The number of ether oxygens (including phenoxy) is 2. The highest BCUT2D eigenvalue weighted by Gasteiger charge is 2.21. The van der Waals surface area contributed by atoms with Crippen molar-refractivity contribution in [1.29, 1.82) is 0 Å². The Morgan fingerprint density at radius 1 is 1.21 bits per heavy atom. The van der Waals surface area contributed by atoms with Crippen molar-refractivity contribution < 1.29 is 24.0 Å². The van der Waals surface area contributed by atoms with Gasteiger partial charge in [-0.15, -0.1) is 0 Å². The lowest BCUT2D eigenvalue weighted by Crippen LogP contribution is -2.35. The second-order valence-corrected chi connectivity index (χ2v) is 5.51. The third-order valence-corrected chi connectivity index (χ3v) is 3.90. The van der Waals surface area contributed by atoms with Crippen LogP contribution in [0, 0.1) is 10.1 Å². The van der Waals surface area contributed by atoms with Crippen molar-refractivity contribution in [3.05, 3.63) is 33.9 Å². The molecule has 0 aromatic heterocycles. The van der Waals surface area contributed by atoms with E-state index in [9.17, 15) is 19.7 Å². The van der Waals surface area contributed by atoms with E-state index in [-0.39, 0.29) is 29.5 Å². The molecular formula is C16H20N2O6. The third kappa shape index (κ3) is 4.43. The van der Waals surface area contributed by atoms with E-state index in [1.165, 1.54) is 19.2 Å². The number of hydrogen-bond acceptors (Lipinski definition) is 6. The summed E-state index contributed by atoms with van der Waals surface area (Å²) in [6, 6.07) is 3.64. The number of likely N-dealkylation sites (tertiary alicyclic amines) is 1. The van der Waals surface area contributed by atoms with Crippen molar-refractivity contribution in [3.63, 3.8) is 0 Å². The van der Waals surface area contributed by atoms with Crippen LogP contribution >= 0.6 is 0 Å². The molecule has 1 amide bonds. The number of nitro benzene ring substituents is 1. The number of methoxy groups -OCH3 is 1. The normalized spacial score (nSPS) is 14.6. The molecule has 0 unspecified atom stereocenters. The van der Waals surface area contributed by atoms with E-state index < -0.39 is 10.9 Å². The fraction of sp³-hybridized carbons (Fsp3) is 0.500. The number of nitro groups is 1. The van der Waals surface area contributed by atoms with Crippen LogP contribution in [0.4, 0.5) is 5.69 Å². The molecule has 0 N–H and O–H groups in total. The van der Waals surface area contributed by atoms with E-state index in [1.807, 2.05) is 0 Å². The summed E-state index contributed by atoms with van der Waals surface area (Å²) >= 11 is 0. The summed E-state index contributed by atoms with van der Waals surface area (Å²) in [4.78, 5) is 36.2. The molecule has 1 heterocycles. The molecule has 8 heteroatoms. The van der Waals surface area contributed by atoms with Crippen molar-refractivity contribution in [2.45, 2.75) is 25.7 Å². The van der Waals surface area contributed by atoms with Gasteiger partial charge in [-0.3, -0.25) is 14.9 Å². The van der Waals surface area contributed by atoms with Gasteiger partial charge in [-0.2, -0.15) is 0 Å². The van der Waals surface area contributed by atoms with Gasteiger partial charge in [0.05, 0.1) is 12.0 Å². The molecule has 0 atom stereocenters. The Kier molecular flexibility index (Phi) is 6.11. The summed E-state index contributed by atoms with van der Waals surface area (Å²) in [5.41, 5.74) is -0.322. The van der Waals surface area contributed by atoms with Crippen molar-refractivity contribution >= 4 is 17.6 Å². The van der Waals surface area contributed by atoms with Crippen LogP contribution in [0.5, 0.6) is 5.75 Å². The molecule has 1 saturated heterocycles. The number of hydrogen-bond donors (Lipinski definition) is 0. The number of carbonyl (C=O) groups is 2.